The number of hydrogen-bond donors (Lipinski definition) is 1. The predicted octanol–water partition coefficient (Wildman–Crippen LogP) is 6.11. The van der Waals surface area contributed by atoms with Crippen LogP contribution in [0.2, 0.25) is 4.34 Å². The molecule has 5 heteroatoms. The Morgan fingerprint density at radius 3 is 2.62 bits per heavy atom. The van der Waals surface area contributed by atoms with Crippen LogP contribution in [-0.4, -0.2) is 0 Å². The van der Waals surface area contributed by atoms with Gasteiger partial charge >= 0.3 is 0 Å². The minimum atomic E-state index is -0.230. The van der Waals surface area contributed by atoms with Gasteiger partial charge in [-0.2, -0.15) is 0 Å². The molecule has 1 unspecified atom stereocenters. The molecule has 2 aromatic heterocycles. The SMILES string of the molecule is Cc1cc(F)cc(NC(c2cccs2)c2ccc(Cl)s2)c1. The van der Waals surface area contributed by atoms with Crippen molar-refractivity contribution in [2.24, 2.45) is 0 Å². The third kappa shape index (κ3) is 3.46. The van der Waals surface area contributed by atoms with Crippen LogP contribution in [0.15, 0.2) is 47.8 Å². The van der Waals surface area contributed by atoms with E-state index in [1.165, 1.54) is 28.3 Å². The Bertz CT molecular complexity index is 716. The maximum absolute atomic E-state index is 13.6. The molecule has 0 amide bonds. The fourth-order valence-corrected chi connectivity index (χ4v) is 4.21. The van der Waals surface area contributed by atoms with Gasteiger partial charge in [0.2, 0.25) is 0 Å². The highest BCUT2D eigenvalue weighted by molar-refractivity contribution is 7.16. The van der Waals surface area contributed by atoms with Crippen LogP contribution in [0.3, 0.4) is 0 Å². The Kier molecular flexibility index (Phi) is 4.29. The molecule has 108 valence electrons. The van der Waals surface area contributed by atoms with Gasteiger partial charge in [-0.05, 0) is 54.3 Å². The summed E-state index contributed by atoms with van der Waals surface area (Å²) in [7, 11) is 0. The van der Waals surface area contributed by atoms with Crippen LogP contribution in [0.1, 0.15) is 21.4 Å². The van der Waals surface area contributed by atoms with E-state index in [1.54, 1.807) is 11.3 Å². The van der Waals surface area contributed by atoms with Crippen molar-refractivity contribution in [3.8, 4) is 0 Å². The Labute approximate surface area is 136 Å². The molecule has 0 saturated carbocycles. The summed E-state index contributed by atoms with van der Waals surface area (Å²) >= 11 is 9.26. The molecule has 0 fully saturated rings. The van der Waals surface area contributed by atoms with Crippen molar-refractivity contribution < 1.29 is 4.39 Å². The molecular formula is C16H13ClFNS2. The van der Waals surface area contributed by atoms with Gasteiger partial charge in [-0.3, -0.25) is 0 Å². The molecule has 1 N–H and O–H groups in total. The van der Waals surface area contributed by atoms with E-state index >= 15 is 0 Å². The first-order valence-electron chi connectivity index (χ1n) is 6.44. The number of anilines is 1. The molecule has 0 spiro atoms. The fourth-order valence-electron chi connectivity index (χ4n) is 2.21. The van der Waals surface area contributed by atoms with Gasteiger partial charge in [0.05, 0.1) is 10.4 Å². The van der Waals surface area contributed by atoms with Crippen molar-refractivity contribution >= 4 is 40.0 Å². The van der Waals surface area contributed by atoms with Crippen LogP contribution in [0.25, 0.3) is 0 Å². The van der Waals surface area contributed by atoms with E-state index in [0.29, 0.717) is 0 Å². The number of benzene rings is 1. The van der Waals surface area contributed by atoms with Crippen LogP contribution >= 0.6 is 34.3 Å². The van der Waals surface area contributed by atoms with E-state index in [0.717, 1.165) is 20.5 Å². The van der Waals surface area contributed by atoms with E-state index in [9.17, 15) is 4.39 Å². The minimum Gasteiger partial charge on any atom is -0.373 e. The molecule has 0 aliphatic rings. The smallest absolute Gasteiger partial charge is 0.125 e. The quantitative estimate of drug-likeness (QED) is 0.605. The first-order valence-corrected chi connectivity index (χ1v) is 8.51. The largest absolute Gasteiger partial charge is 0.373 e. The maximum Gasteiger partial charge on any atom is 0.125 e. The molecule has 3 rings (SSSR count). The normalized spacial score (nSPS) is 12.3. The number of hydrogen-bond acceptors (Lipinski definition) is 3. The topological polar surface area (TPSA) is 12.0 Å². The summed E-state index contributed by atoms with van der Waals surface area (Å²) in [5.74, 6) is -0.230. The van der Waals surface area contributed by atoms with Gasteiger partial charge in [0.1, 0.15) is 5.82 Å². The van der Waals surface area contributed by atoms with E-state index in [2.05, 4.69) is 11.4 Å². The average Bonchev–Trinajstić information content (AvgIpc) is 3.06. The molecule has 0 bridgehead atoms. The monoisotopic (exact) mass is 337 g/mol. The van der Waals surface area contributed by atoms with Crippen LogP contribution in [0, 0.1) is 12.7 Å². The van der Waals surface area contributed by atoms with E-state index in [-0.39, 0.29) is 11.9 Å². The van der Waals surface area contributed by atoms with Crippen LogP contribution in [-0.2, 0) is 0 Å². The highest BCUT2D eigenvalue weighted by Gasteiger charge is 2.17. The molecule has 1 atom stereocenters. The maximum atomic E-state index is 13.6. The van der Waals surface area contributed by atoms with Crippen LogP contribution in [0.4, 0.5) is 10.1 Å². The Balaban J connectivity index is 1.96. The zero-order chi connectivity index (χ0) is 14.8. The average molecular weight is 338 g/mol. The lowest BCUT2D eigenvalue weighted by molar-refractivity contribution is 0.627. The summed E-state index contributed by atoms with van der Waals surface area (Å²) in [5, 5.41) is 5.45. The van der Waals surface area contributed by atoms with Gasteiger partial charge < -0.3 is 5.32 Å². The van der Waals surface area contributed by atoms with Crippen molar-refractivity contribution in [3.63, 3.8) is 0 Å². The van der Waals surface area contributed by atoms with Crippen molar-refractivity contribution in [1.29, 1.82) is 0 Å². The first-order chi connectivity index (χ1) is 10.1. The van der Waals surface area contributed by atoms with Crippen molar-refractivity contribution in [1.82, 2.24) is 0 Å². The lowest BCUT2D eigenvalue weighted by atomic mass is 10.1. The second kappa shape index (κ2) is 6.18. The van der Waals surface area contributed by atoms with Crippen LogP contribution < -0.4 is 5.32 Å². The molecule has 3 aromatic rings. The molecule has 1 aromatic carbocycles. The fraction of sp³-hybridized carbons (Fsp3) is 0.125. The molecular weight excluding hydrogens is 325 g/mol. The highest BCUT2D eigenvalue weighted by Crippen LogP contribution is 2.35. The number of halogens is 2. The van der Waals surface area contributed by atoms with Gasteiger partial charge in [0.25, 0.3) is 0 Å². The van der Waals surface area contributed by atoms with Crippen molar-refractivity contribution in [2.45, 2.75) is 13.0 Å². The van der Waals surface area contributed by atoms with Crippen LogP contribution in [0.5, 0.6) is 0 Å². The zero-order valence-corrected chi connectivity index (χ0v) is 13.7. The zero-order valence-electron chi connectivity index (χ0n) is 11.3. The molecule has 0 aliphatic heterocycles. The Morgan fingerprint density at radius 1 is 1.14 bits per heavy atom. The summed E-state index contributed by atoms with van der Waals surface area (Å²) < 4.78 is 14.3. The first kappa shape index (κ1) is 14.6. The van der Waals surface area contributed by atoms with E-state index < -0.39 is 0 Å². The van der Waals surface area contributed by atoms with Gasteiger partial charge in [-0.25, -0.2) is 4.39 Å². The summed E-state index contributed by atoms with van der Waals surface area (Å²) in [6.07, 6.45) is 0. The number of thiophene rings is 2. The van der Waals surface area contributed by atoms with Gasteiger partial charge in [0.15, 0.2) is 0 Å². The molecule has 0 aliphatic carbocycles. The minimum absolute atomic E-state index is 0.0105. The van der Waals surface area contributed by atoms with Gasteiger partial charge in [-0.1, -0.05) is 17.7 Å². The predicted molar refractivity (Wildman–Crippen MR) is 90.3 cm³/mol. The molecule has 0 saturated heterocycles. The van der Waals surface area contributed by atoms with E-state index in [4.69, 9.17) is 11.6 Å². The Hall–Kier alpha value is -1.36. The lowest BCUT2D eigenvalue weighted by Crippen LogP contribution is -2.09. The Morgan fingerprint density at radius 2 is 2.00 bits per heavy atom. The molecule has 1 nitrogen and oxygen atoms in total. The second-order valence-electron chi connectivity index (χ2n) is 4.75. The lowest BCUT2D eigenvalue weighted by Gasteiger charge is -2.18. The summed E-state index contributed by atoms with van der Waals surface area (Å²) in [6.45, 7) is 1.89. The molecule has 0 radical (unpaired) electrons. The van der Waals surface area contributed by atoms with Crippen molar-refractivity contribution in [2.75, 3.05) is 5.32 Å². The molecule has 21 heavy (non-hydrogen) atoms. The van der Waals surface area contributed by atoms with Gasteiger partial charge in [0, 0.05) is 15.4 Å². The standard InChI is InChI=1S/C16H13ClFNS2/c1-10-7-11(18)9-12(8-10)19-16(13-3-2-6-20-13)14-4-5-15(17)21-14/h2-9,16,19H,1H3. The third-order valence-electron chi connectivity index (χ3n) is 3.06. The summed E-state index contributed by atoms with van der Waals surface area (Å²) in [6, 6.07) is 13.0. The third-order valence-corrected chi connectivity index (χ3v) is 5.29. The number of rotatable bonds is 4. The summed E-state index contributed by atoms with van der Waals surface area (Å²) in [4.78, 5) is 2.29. The van der Waals surface area contributed by atoms with E-state index in [1.807, 2.05) is 36.6 Å². The summed E-state index contributed by atoms with van der Waals surface area (Å²) in [5.41, 5.74) is 1.67. The highest BCUT2D eigenvalue weighted by atomic mass is 35.5. The second-order valence-corrected chi connectivity index (χ2v) is 7.48. The van der Waals surface area contributed by atoms with Crippen molar-refractivity contribution in [3.05, 3.63) is 73.3 Å². The number of aryl methyl sites for hydroxylation is 1. The molecule has 2 heterocycles. The number of nitrogens with one attached hydrogen (secondary N) is 1. The van der Waals surface area contributed by atoms with Gasteiger partial charge in [-0.15, -0.1) is 22.7 Å².